The van der Waals surface area contributed by atoms with Crippen molar-refractivity contribution in [1.29, 1.82) is 0 Å². The van der Waals surface area contributed by atoms with Crippen molar-refractivity contribution in [2.45, 2.75) is 76.7 Å². The van der Waals surface area contributed by atoms with E-state index >= 15 is 0 Å². The summed E-state index contributed by atoms with van der Waals surface area (Å²) in [6, 6.07) is 0.0414. The molecule has 2 amide bonds. The zero-order chi connectivity index (χ0) is 20.2. The highest BCUT2D eigenvalue weighted by Crippen LogP contribution is 2.40. The number of carbonyl (C=O) groups excluding carboxylic acids is 2. The Morgan fingerprint density at radius 1 is 1.03 bits per heavy atom. The number of carbonyl (C=O) groups is 2. The highest BCUT2D eigenvalue weighted by Gasteiger charge is 2.36. The summed E-state index contributed by atoms with van der Waals surface area (Å²) in [5.74, 6) is 2.95. The lowest BCUT2D eigenvalue weighted by atomic mass is 9.86. The normalized spacial score (nSPS) is 22.4. The molecule has 1 saturated heterocycles. The molecule has 0 aromatic carbocycles. The van der Waals surface area contributed by atoms with Crippen molar-refractivity contribution in [3.8, 4) is 0 Å². The first-order chi connectivity index (χ1) is 14.1. The van der Waals surface area contributed by atoms with Crippen LogP contribution in [0.2, 0.25) is 0 Å². The summed E-state index contributed by atoms with van der Waals surface area (Å²) in [5.41, 5.74) is 0. The molecule has 0 unspecified atom stereocenters. The molecule has 3 fully saturated rings. The Morgan fingerprint density at radius 3 is 2.34 bits per heavy atom. The molecule has 1 aromatic rings. The van der Waals surface area contributed by atoms with Gasteiger partial charge in [0, 0.05) is 45.4 Å². The van der Waals surface area contributed by atoms with Crippen molar-refractivity contribution in [3.63, 3.8) is 0 Å². The zero-order valence-electron chi connectivity index (χ0n) is 17.8. The molecule has 2 heterocycles. The number of piperidine rings is 1. The number of nitrogens with zero attached hydrogens (tertiary/aromatic N) is 3. The largest absolute Gasteiger partial charge is 0.346 e. The summed E-state index contributed by atoms with van der Waals surface area (Å²) in [6.45, 7) is 1.63. The fourth-order valence-corrected chi connectivity index (χ4v) is 5.15. The average molecular weight is 401 g/mol. The Hall–Kier alpha value is -1.85. The van der Waals surface area contributed by atoms with Crippen LogP contribution in [-0.4, -0.2) is 39.4 Å². The SMILES string of the molecule is Cn1ccnc1[C@@H](NC(=O)CC1CCN(C(=O)CC2CCCCC2)CC1)C1CC1. The number of hydrogen-bond acceptors (Lipinski definition) is 3. The van der Waals surface area contributed by atoms with Crippen LogP contribution < -0.4 is 5.32 Å². The van der Waals surface area contributed by atoms with Crippen LogP contribution >= 0.6 is 0 Å². The van der Waals surface area contributed by atoms with E-state index in [-0.39, 0.29) is 11.9 Å². The van der Waals surface area contributed by atoms with Crippen LogP contribution in [0.3, 0.4) is 0 Å². The maximum absolute atomic E-state index is 12.7. The van der Waals surface area contributed by atoms with Gasteiger partial charge in [0.1, 0.15) is 5.82 Å². The van der Waals surface area contributed by atoms with Gasteiger partial charge in [-0.25, -0.2) is 4.98 Å². The number of aryl methyl sites for hydroxylation is 1. The van der Waals surface area contributed by atoms with E-state index < -0.39 is 0 Å². The smallest absolute Gasteiger partial charge is 0.222 e. The number of aromatic nitrogens is 2. The second kappa shape index (κ2) is 9.31. The van der Waals surface area contributed by atoms with E-state index in [9.17, 15) is 9.59 Å². The number of imidazole rings is 1. The summed E-state index contributed by atoms with van der Waals surface area (Å²) in [4.78, 5) is 31.8. The monoisotopic (exact) mass is 400 g/mol. The molecule has 29 heavy (non-hydrogen) atoms. The average Bonchev–Trinajstić information content (AvgIpc) is 3.48. The molecule has 0 spiro atoms. The first-order valence-corrected chi connectivity index (χ1v) is 11.6. The molecule has 6 nitrogen and oxygen atoms in total. The van der Waals surface area contributed by atoms with Crippen LogP contribution in [0.4, 0.5) is 0 Å². The molecular formula is C23H36N4O2. The minimum atomic E-state index is 0.0414. The molecule has 4 rings (SSSR count). The first-order valence-electron chi connectivity index (χ1n) is 11.6. The first kappa shape index (κ1) is 20.4. The molecule has 6 heteroatoms. The molecule has 1 N–H and O–H groups in total. The number of likely N-dealkylation sites (tertiary alicyclic amines) is 1. The Morgan fingerprint density at radius 2 is 1.72 bits per heavy atom. The lowest BCUT2D eigenvalue weighted by Gasteiger charge is -2.33. The minimum absolute atomic E-state index is 0.0414. The van der Waals surface area contributed by atoms with Gasteiger partial charge in [-0.15, -0.1) is 0 Å². The summed E-state index contributed by atoms with van der Waals surface area (Å²) < 4.78 is 2.01. The summed E-state index contributed by atoms with van der Waals surface area (Å²) in [5, 5.41) is 3.25. The van der Waals surface area contributed by atoms with Crippen molar-refractivity contribution < 1.29 is 9.59 Å². The number of nitrogens with one attached hydrogen (secondary N) is 1. The van der Waals surface area contributed by atoms with Gasteiger partial charge < -0.3 is 14.8 Å². The molecule has 2 saturated carbocycles. The molecule has 160 valence electrons. The van der Waals surface area contributed by atoms with Gasteiger partial charge >= 0.3 is 0 Å². The van der Waals surface area contributed by atoms with Crippen molar-refractivity contribution >= 4 is 11.8 Å². The molecule has 1 atom stereocenters. The van der Waals surface area contributed by atoms with E-state index in [1.165, 1.54) is 44.9 Å². The van der Waals surface area contributed by atoms with E-state index in [0.717, 1.165) is 38.2 Å². The van der Waals surface area contributed by atoms with E-state index in [4.69, 9.17) is 0 Å². The van der Waals surface area contributed by atoms with Gasteiger partial charge in [-0.2, -0.15) is 0 Å². The van der Waals surface area contributed by atoms with Crippen LogP contribution in [0, 0.1) is 17.8 Å². The lowest BCUT2D eigenvalue weighted by molar-refractivity contribution is -0.134. The van der Waals surface area contributed by atoms with E-state index in [0.29, 0.717) is 30.1 Å². The Balaban J connectivity index is 1.21. The second-order valence-electron chi connectivity index (χ2n) is 9.52. The van der Waals surface area contributed by atoms with Gasteiger partial charge in [0.05, 0.1) is 6.04 Å². The minimum Gasteiger partial charge on any atom is -0.346 e. The van der Waals surface area contributed by atoms with Gasteiger partial charge in [0.2, 0.25) is 11.8 Å². The van der Waals surface area contributed by atoms with Crippen LogP contribution in [0.1, 0.15) is 82.5 Å². The third-order valence-electron chi connectivity index (χ3n) is 7.18. The van der Waals surface area contributed by atoms with E-state index in [2.05, 4.69) is 10.3 Å². The predicted octanol–water partition coefficient (Wildman–Crippen LogP) is 3.59. The fourth-order valence-electron chi connectivity index (χ4n) is 5.15. The molecule has 0 bridgehead atoms. The zero-order valence-corrected chi connectivity index (χ0v) is 17.8. The van der Waals surface area contributed by atoms with Crippen LogP contribution in [0.5, 0.6) is 0 Å². The van der Waals surface area contributed by atoms with Gasteiger partial charge in [0.15, 0.2) is 0 Å². The fraction of sp³-hybridized carbons (Fsp3) is 0.783. The summed E-state index contributed by atoms with van der Waals surface area (Å²) in [7, 11) is 1.99. The molecule has 3 aliphatic rings. The Labute approximate surface area is 174 Å². The molecule has 2 aliphatic carbocycles. The van der Waals surface area contributed by atoms with Gasteiger partial charge in [-0.05, 0) is 56.3 Å². The van der Waals surface area contributed by atoms with Crippen LogP contribution in [-0.2, 0) is 16.6 Å². The van der Waals surface area contributed by atoms with Crippen molar-refractivity contribution in [1.82, 2.24) is 19.8 Å². The van der Waals surface area contributed by atoms with Crippen molar-refractivity contribution in [2.24, 2.45) is 24.8 Å². The highest BCUT2D eigenvalue weighted by atomic mass is 16.2. The third kappa shape index (κ3) is 5.40. The summed E-state index contributed by atoms with van der Waals surface area (Å²) >= 11 is 0. The van der Waals surface area contributed by atoms with Crippen LogP contribution in [0.15, 0.2) is 12.4 Å². The maximum atomic E-state index is 12.7. The van der Waals surface area contributed by atoms with Crippen LogP contribution in [0.25, 0.3) is 0 Å². The van der Waals surface area contributed by atoms with E-state index in [1.807, 2.05) is 22.7 Å². The standard InChI is InChI=1S/C23H36N4O2/c1-26-14-11-24-23(26)22(19-7-8-19)25-20(28)15-18-9-12-27(13-10-18)21(29)16-17-5-3-2-4-6-17/h11,14,17-19,22H,2-10,12-13,15-16H2,1H3,(H,25,28)/t22-/m0/s1. The van der Waals surface area contributed by atoms with Crippen molar-refractivity contribution in [2.75, 3.05) is 13.1 Å². The maximum Gasteiger partial charge on any atom is 0.222 e. The quantitative estimate of drug-likeness (QED) is 0.761. The topological polar surface area (TPSA) is 67.2 Å². The Kier molecular flexibility index (Phi) is 6.56. The second-order valence-corrected chi connectivity index (χ2v) is 9.52. The number of hydrogen-bond donors (Lipinski definition) is 1. The van der Waals surface area contributed by atoms with Gasteiger partial charge in [-0.1, -0.05) is 19.3 Å². The van der Waals surface area contributed by atoms with Gasteiger partial charge in [-0.3, -0.25) is 9.59 Å². The molecule has 1 aliphatic heterocycles. The highest BCUT2D eigenvalue weighted by molar-refractivity contribution is 5.77. The number of amides is 2. The third-order valence-corrected chi connectivity index (χ3v) is 7.18. The van der Waals surface area contributed by atoms with E-state index in [1.54, 1.807) is 6.20 Å². The molecule has 1 aromatic heterocycles. The molecule has 0 radical (unpaired) electrons. The van der Waals surface area contributed by atoms with Crippen molar-refractivity contribution in [3.05, 3.63) is 18.2 Å². The summed E-state index contributed by atoms with van der Waals surface area (Å²) in [6.07, 6.45) is 15.6. The predicted molar refractivity (Wildman–Crippen MR) is 112 cm³/mol. The lowest BCUT2D eigenvalue weighted by Crippen LogP contribution is -2.41. The number of rotatable bonds is 7. The Bertz CT molecular complexity index is 697. The molecular weight excluding hydrogens is 364 g/mol. The van der Waals surface area contributed by atoms with Gasteiger partial charge in [0.25, 0.3) is 0 Å².